The minimum atomic E-state index is -1.12. The second-order valence-electron chi connectivity index (χ2n) is 2.63. The second kappa shape index (κ2) is 3.51. The largest absolute Gasteiger partial charge is 0.232 e. The summed E-state index contributed by atoms with van der Waals surface area (Å²) in [6.07, 6.45) is 3.96. The zero-order chi connectivity index (χ0) is 7.71. The third-order valence-corrected chi connectivity index (χ3v) is 3.62. The maximum atomic E-state index is 3.86. The maximum absolute atomic E-state index is 3.86. The Balaban J connectivity index is 0. The summed E-state index contributed by atoms with van der Waals surface area (Å²) in [6, 6.07) is 0. The fourth-order valence-corrected chi connectivity index (χ4v) is 4.37. The Kier molecular flexibility index (Phi) is 4.48. The Labute approximate surface area is 66.7 Å². The van der Waals surface area contributed by atoms with Crippen molar-refractivity contribution >= 4 is 42.3 Å². The van der Waals surface area contributed by atoms with Gasteiger partial charge in [0.25, 0.3) is 0 Å². The highest BCUT2D eigenvalue weighted by Crippen LogP contribution is 2.18. The van der Waals surface area contributed by atoms with Crippen LogP contribution in [0.25, 0.3) is 0 Å². The average Bonchev–Trinajstić information content (AvgIpc) is 1.14. The number of hydrogen-bond acceptors (Lipinski definition) is 1. The van der Waals surface area contributed by atoms with Gasteiger partial charge in [0.05, 0.1) is 0 Å². The molecule has 0 atom stereocenters. The van der Waals surface area contributed by atoms with Gasteiger partial charge in [-0.3, -0.25) is 0 Å². The van der Waals surface area contributed by atoms with Gasteiger partial charge >= 0.3 is 0 Å². The van der Waals surface area contributed by atoms with Gasteiger partial charge in [-0.2, -0.15) is 18.8 Å². The van der Waals surface area contributed by atoms with Crippen LogP contribution >= 0.6 is 18.8 Å². The SMILES string of the molecule is C.C=S(=C)(C)NS(=C)(=C)C. The molecule has 0 heterocycles. The topological polar surface area (TPSA) is 12.0 Å². The first-order valence-corrected chi connectivity index (χ1v) is 7.14. The van der Waals surface area contributed by atoms with E-state index in [1.54, 1.807) is 0 Å². The molecule has 0 spiro atoms. The van der Waals surface area contributed by atoms with Gasteiger partial charge in [-0.25, -0.2) is 4.13 Å². The van der Waals surface area contributed by atoms with E-state index in [-0.39, 0.29) is 7.43 Å². The molecule has 0 aromatic carbocycles. The molecule has 0 fully saturated rings. The molecule has 0 aliphatic carbocycles. The normalized spacial score (nSPS) is 12.2. The molecule has 0 aliphatic heterocycles. The fourth-order valence-electron chi connectivity index (χ4n) is 0.486. The van der Waals surface area contributed by atoms with Crippen LogP contribution in [-0.2, 0) is 0 Å². The van der Waals surface area contributed by atoms with Crippen LogP contribution in [0.3, 0.4) is 0 Å². The van der Waals surface area contributed by atoms with E-state index < -0.39 is 18.8 Å². The molecular formula is C7H19NS2. The van der Waals surface area contributed by atoms with E-state index in [4.69, 9.17) is 0 Å². The lowest BCUT2D eigenvalue weighted by molar-refractivity contribution is 1.74. The van der Waals surface area contributed by atoms with Gasteiger partial charge in [-0.05, 0) is 12.5 Å². The fraction of sp³-hybridized carbons (Fsp3) is 0.429. The average molecular weight is 181 g/mol. The highest BCUT2D eigenvalue weighted by Gasteiger charge is 1.86. The molecule has 0 rings (SSSR count). The molecule has 0 amide bonds. The monoisotopic (exact) mass is 181 g/mol. The first kappa shape index (κ1) is 12.8. The molecule has 0 saturated heterocycles. The van der Waals surface area contributed by atoms with Crippen LogP contribution < -0.4 is 4.13 Å². The molecule has 0 radical (unpaired) electrons. The Morgan fingerprint density at radius 3 is 1.10 bits per heavy atom. The second-order valence-corrected chi connectivity index (χ2v) is 8.40. The van der Waals surface area contributed by atoms with E-state index in [1.807, 2.05) is 12.5 Å². The summed E-state index contributed by atoms with van der Waals surface area (Å²) in [5.41, 5.74) is 0. The van der Waals surface area contributed by atoms with Crippen molar-refractivity contribution in [2.75, 3.05) is 12.5 Å². The smallest absolute Gasteiger partial charge is 0.0158 e. The molecule has 1 N–H and O–H groups in total. The summed E-state index contributed by atoms with van der Waals surface area (Å²) in [5.74, 6) is 15.4. The molecule has 0 unspecified atom stereocenters. The van der Waals surface area contributed by atoms with E-state index in [0.29, 0.717) is 0 Å². The van der Waals surface area contributed by atoms with Crippen molar-refractivity contribution in [1.29, 1.82) is 0 Å². The summed E-state index contributed by atoms with van der Waals surface area (Å²) in [6.45, 7) is 0. The van der Waals surface area contributed by atoms with Crippen LogP contribution in [0.15, 0.2) is 0 Å². The van der Waals surface area contributed by atoms with E-state index in [2.05, 4.69) is 27.6 Å². The van der Waals surface area contributed by atoms with Gasteiger partial charge < -0.3 is 0 Å². The molecule has 0 aromatic rings. The summed E-state index contributed by atoms with van der Waals surface area (Å²) in [7, 11) is -2.24. The lowest BCUT2D eigenvalue weighted by Crippen LogP contribution is -2.01. The summed E-state index contributed by atoms with van der Waals surface area (Å²) in [4.78, 5) is 0. The minimum absolute atomic E-state index is 0. The Morgan fingerprint density at radius 2 is 1.10 bits per heavy atom. The maximum Gasteiger partial charge on any atom is -0.0158 e. The zero-order valence-corrected chi connectivity index (χ0v) is 7.78. The highest BCUT2D eigenvalue weighted by molar-refractivity contribution is 8.39. The summed E-state index contributed by atoms with van der Waals surface area (Å²) < 4.78 is 3.18. The van der Waals surface area contributed by atoms with Gasteiger partial charge in [-0.15, -0.1) is 0 Å². The van der Waals surface area contributed by atoms with E-state index >= 15 is 0 Å². The van der Waals surface area contributed by atoms with Crippen molar-refractivity contribution in [3.8, 4) is 0 Å². The zero-order valence-electron chi connectivity index (χ0n) is 6.14. The third kappa shape index (κ3) is 11.0. The van der Waals surface area contributed by atoms with Crippen LogP contribution in [0.4, 0.5) is 0 Å². The van der Waals surface area contributed by atoms with Crippen molar-refractivity contribution in [2.45, 2.75) is 7.43 Å². The van der Waals surface area contributed by atoms with Gasteiger partial charge in [0.2, 0.25) is 0 Å². The van der Waals surface area contributed by atoms with Gasteiger partial charge in [0, 0.05) is 0 Å². The van der Waals surface area contributed by atoms with Crippen molar-refractivity contribution < 1.29 is 0 Å². The first-order valence-electron chi connectivity index (χ1n) is 2.38. The van der Waals surface area contributed by atoms with Crippen molar-refractivity contribution in [2.24, 2.45) is 0 Å². The summed E-state index contributed by atoms with van der Waals surface area (Å²) in [5, 5.41) is 0. The predicted octanol–water partition coefficient (Wildman–Crippen LogP) is 1.64. The Morgan fingerprint density at radius 1 is 0.900 bits per heavy atom. The standard InChI is InChI=1S/C6H15NS2.CH4/c1-8(2,3)7-9(4,5)6;/h7H,1-2,4-5H2,3,6H3;1H4. The number of hydrogen-bond donors (Lipinski definition) is 1. The third-order valence-electron chi connectivity index (χ3n) is 0.402. The van der Waals surface area contributed by atoms with Crippen LogP contribution in [-0.4, -0.2) is 36.0 Å². The molecule has 0 bridgehead atoms. The molecule has 10 heavy (non-hydrogen) atoms. The minimum Gasteiger partial charge on any atom is -0.232 e. The van der Waals surface area contributed by atoms with Crippen molar-refractivity contribution in [3.63, 3.8) is 0 Å². The lowest BCUT2D eigenvalue weighted by atomic mass is 11.9. The molecule has 0 aromatic heterocycles. The molecule has 0 aliphatic rings. The van der Waals surface area contributed by atoms with Gasteiger partial charge in [-0.1, -0.05) is 30.9 Å². The van der Waals surface area contributed by atoms with Gasteiger partial charge in [0.15, 0.2) is 0 Å². The quantitative estimate of drug-likeness (QED) is 0.639. The van der Waals surface area contributed by atoms with Gasteiger partial charge in [0.1, 0.15) is 0 Å². The van der Waals surface area contributed by atoms with E-state index in [1.165, 1.54) is 0 Å². The van der Waals surface area contributed by atoms with Crippen LogP contribution in [0.2, 0.25) is 0 Å². The Hall–Kier alpha value is 0.140. The van der Waals surface area contributed by atoms with E-state index in [0.717, 1.165) is 0 Å². The molecule has 64 valence electrons. The molecule has 3 heteroatoms. The highest BCUT2D eigenvalue weighted by atomic mass is 32.3. The van der Waals surface area contributed by atoms with Crippen molar-refractivity contribution in [1.82, 2.24) is 4.13 Å². The van der Waals surface area contributed by atoms with Crippen LogP contribution in [0.1, 0.15) is 7.43 Å². The molecular weight excluding hydrogens is 162 g/mol. The number of rotatable bonds is 2. The van der Waals surface area contributed by atoms with Crippen molar-refractivity contribution in [3.05, 3.63) is 0 Å². The summed E-state index contributed by atoms with van der Waals surface area (Å²) >= 11 is 0. The Bertz CT molecular complexity index is 237. The number of nitrogens with one attached hydrogen (secondary N) is 1. The molecule has 1 nitrogen and oxygen atoms in total. The lowest BCUT2D eigenvalue weighted by Gasteiger charge is -2.15. The molecule has 0 saturated carbocycles. The van der Waals surface area contributed by atoms with Crippen LogP contribution in [0, 0.1) is 0 Å². The van der Waals surface area contributed by atoms with Crippen LogP contribution in [0.5, 0.6) is 0 Å². The predicted molar refractivity (Wildman–Crippen MR) is 65.4 cm³/mol. The first-order chi connectivity index (χ1) is 3.71. The van der Waals surface area contributed by atoms with E-state index in [9.17, 15) is 0 Å².